The molecule has 1 aliphatic rings. The maximum Gasteiger partial charge on any atom is 0.511 e. The molecule has 0 atom stereocenters. The van der Waals surface area contributed by atoms with Crippen LogP contribution in [0.2, 0.25) is 0 Å². The highest BCUT2D eigenvalue weighted by atomic mass is 127. The third-order valence-electron chi connectivity index (χ3n) is 4.28. The Morgan fingerprint density at radius 2 is 1.86 bits per heavy atom. The second-order valence-electron chi connectivity index (χ2n) is 6.28. The van der Waals surface area contributed by atoms with Crippen LogP contribution in [0.4, 0.5) is 13.2 Å². The van der Waals surface area contributed by atoms with Crippen molar-refractivity contribution in [3.05, 3.63) is 30.3 Å². The number of para-hydroxylation sites is 1. The number of nitrogens with zero attached hydrogens (tertiary/aromatic N) is 2. The van der Waals surface area contributed by atoms with Crippen molar-refractivity contribution in [3.8, 4) is 5.75 Å². The number of hydrogen-bond donors (Lipinski definition) is 2. The number of hydrogen-bond acceptors (Lipinski definition) is 4. The SMILES string of the molecule is CN=C(NCCCOc1ccccc1)NC1CCN(S(=O)(=O)C(F)(F)F)CC1.I. The Balaban J connectivity index is 0.00000420. The molecule has 166 valence electrons. The van der Waals surface area contributed by atoms with E-state index in [-0.39, 0.29) is 55.9 Å². The number of guanidine groups is 1. The van der Waals surface area contributed by atoms with Crippen LogP contribution in [0.25, 0.3) is 0 Å². The molecule has 7 nitrogen and oxygen atoms in total. The number of alkyl halides is 3. The van der Waals surface area contributed by atoms with Gasteiger partial charge in [0.05, 0.1) is 6.61 Å². The van der Waals surface area contributed by atoms with Gasteiger partial charge >= 0.3 is 15.5 Å². The quantitative estimate of drug-likeness (QED) is 0.236. The van der Waals surface area contributed by atoms with Crippen LogP contribution in [0.5, 0.6) is 5.75 Å². The predicted molar refractivity (Wildman–Crippen MR) is 116 cm³/mol. The van der Waals surface area contributed by atoms with E-state index in [4.69, 9.17) is 4.74 Å². The van der Waals surface area contributed by atoms with E-state index in [9.17, 15) is 21.6 Å². The van der Waals surface area contributed by atoms with Crippen LogP contribution in [-0.2, 0) is 10.0 Å². The van der Waals surface area contributed by atoms with Crippen molar-refractivity contribution < 1.29 is 26.3 Å². The van der Waals surface area contributed by atoms with Gasteiger partial charge < -0.3 is 15.4 Å². The molecule has 1 aromatic rings. The molecule has 1 heterocycles. The maximum absolute atomic E-state index is 12.6. The monoisotopic (exact) mass is 550 g/mol. The van der Waals surface area contributed by atoms with E-state index in [2.05, 4.69) is 15.6 Å². The number of nitrogens with one attached hydrogen (secondary N) is 2. The molecule has 0 radical (unpaired) electrons. The Morgan fingerprint density at radius 3 is 2.41 bits per heavy atom. The van der Waals surface area contributed by atoms with Crippen molar-refractivity contribution in [1.29, 1.82) is 0 Å². The van der Waals surface area contributed by atoms with Crippen LogP contribution in [0, 0.1) is 0 Å². The first kappa shape index (κ1) is 25.8. The van der Waals surface area contributed by atoms with Crippen LogP contribution in [0.3, 0.4) is 0 Å². The zero-order valence-corrected chi connectivity index (χ0v) is 19.1. The van der Waals surface area contributed by atoms with E-state index in [1.165, 1.54) is 0 Å². The van der Waals surface area contributed by atoms with Gasteiger partial charge in [0.15, 0.2) is 5.96 Å². The molecular formula is C17H26F3IN4O3S. The van der Waals surface area contributed by atoms with Gasteiger partial charge in [-0.25, -0.2) is 8.42 Å². The largest absolute Gasteiger partial charge is 0.511 e. The van der Waals surface area contributed by atoms with E-state index >= 15 is 0 Å². The van der Waals surface area contributed by atoms with E-state index in [0.717, 1.165) is 12.2 Å². The standard InChI is InChI=1S/C17H25F3N4O3S.HI/c1-21-16(22-10-5-13-27-15-6-3-2-4-7-15)23-14-8-11-24(12-9-14)28(25,26)17(18,19)20;/h2-4,6-7,14H,5,8-13H2,1H3,(H2,21,22,23);1H. The van der Waals surface area contributed by atoms with Crippen LogP contribution in [-0.4, -0.2) is 63.5 Å². The van der Waals surface area contributed by atoms with Gasteiger partial charge in [0.25, 0.3) is 0 Å². The molecule has 0 aromatic heterocycles. The third kappa shape index (κ3) is 7.81. The Labute approximate surface area is 186 Å². The lowest BCUT2D eigenvalue weighted by Crippen LogP contribution is -2.51. The minimum atomic E-state index is -5.26. The molecular weight excluding hydrogens is 524 g/mol. The number of aliphatic imine (C=N–C) groups is 1. The minimum absolute atomic E-state index is 0. The molecule has 0 aliphatic carbocycles. The minimum Gasteiger partial charge on any atom is -0.494 e. The van der Waals surface area contributed by atoms with Crippen molar-refractivity contribution >= 4 is 40.0 Å². The third-order valence-corrected chi connectivity index (χ3v) is 5.91. The average Bonchev–Trinajstić information content (AvgIpc) is 2.67. The first-order valence-corrected chi connectivity index (χ1v) is 10.4. The van der Waals surface area contributed by atoms with Gasteiger partial charge in [-0.3, -0.25) is 4.99 Å². The van der Waals surface area contributed by atoms with Crippen LogP contribution >= 0.6 is 24.0 Å². The summed E-state index contributed by atoms with van der Waals surface area (Å²) >= 11 is 0. The molecule has 0 spiro atoms. The molecule has 29 heavy (non-hydrogen) atoms. The lowest BCUT2D eigenvalue weighted by Gasteiger charge is -2.32. The van der Waals surface area contributed by atoms with Gasteiger partial charge in [-0.05, 0) is 31.4 Å². The van der Waals surface area contributed by atoms with Gasteiger partial charge in [-0.2, -0.15) is 17.5 Å². The Kier molecular flexibility index (Phi) is 10.5. The molecule has 1 saturated heterocycles. The highest BCUT2D eigenvalue weighted by Crippen LogP contribution is 2.28. The zero-order valence-electron chi connectivity index (χ0n) is 16.0. The van der Waals surface area contributed by atoms with Crippen molar-refractivity contribution in [2.45, 2.75) is 30.8 Å². The van der Waals surface area contributed by atoms with Gasteiger partial charge in [0.2, 0.25) is 0 Å². The summed E-state index contributed by atoms with van der Waals surface area (Å²) in [7, 11) is -3.66. The zero-order chi connectivity index (χ0) is 20.6. The first-order valence-electron chi connectivity index (χ1n) is 8.95. The number of halogens is 4. The van der Waals surface area contributed by atoms with Gasteiger partial charge in [-0.15, -0.1) is 24.0 Å². The molecule has 0 amide bonds. The molecule has 1 aliphatic heterocycles. The molecule has 0 unspecified atom stereocenters. The van der Waals surface area contributed by atoms with E-state index < -0.39 is 15.5 Å². The second kappa shape index (κ2) is 11.8. The highest BCUT2D eigenvalue weighted by molar-refractivity contribution is 14.0. The summed E-state index contributed by atoms with van der Waals surface area (Å²) in [5.74, 6) is 1.32. The first-order chi connectivity index (χ1) is 13.2. The summed E-state index contributed by atoms with van der Waals surface area (Å²) in [6.45, 7) is 0.776. The highest BCUT2D eigenvalue weighted by Gasteiger charge is 2.50. The summed E-state index contributed by atoms with van der Waals surface area (Å²) in [5, 5.41) is 6.24. The fourth-order valence-corrected chi connectivity index (χ4v) is 3.74. The van der Waals surface area contributed by atoms with Gasteiger partial charge in [0.1, 0.15) is 5.75 Å². The normalized spacial score (nSPS) is 16.8. The Bertz CT molecular complexity index is 740. The van der Waals surface area contributed by atoms with Gasteiger partial charge in [-0.1, -0.05) is 18.2 Å². The lowest BCUT2D eigenvalue weighted by molar-refractivity contribution is -0.0494. The Hall–Kier alpha value is -1.28. The fourth-order valence-electron chi connectivity index (χ4n) is 2.76. The molecule has 1 aromatic carbocycles. The average molecular weight is 550 g/mol. The summed E-state index contributed by atoms with van der Waals surface area (Å²) in [6.07, 6.45) is 1.28. The van der Waals surface area contributed by atoms with Gasteiger partial charge in [0, 0.05) is 32.7 Å². The van der Waals surface area contributed by atoms with Crippen molar-refractivity contribution in [1.82, 2.24) is 14.9 Å². The van der Waals surface area contributed by atoms with Crippen molar-refractivity contribution in [2.24, 2.45) is 4.99 Å². The summed E-state index contributed by atoms with van der Waals surface area (Å²) in [6, 6.07) is 9.30. The van der Waals surface area contributed by atoms with Crippen LogP contribution in [0.1, 0.15) is 19.3 Å². The number of piperidine rings is 1. The topological polar surface area (TPSA) is 83.0 Å². The van der Waals surface area contributed by atoms with Crippen molar-refractivity contribution in [2.75, 3.05) is 33.3 Å². The van der Waals surface area contributed by atoms with Crippen LogP contribution < -0.4 is 15.4 Å². The molecule has 2 rings (SSSR count). The second-order valence-corrected chi connectivity index (χ2v) is 8.21. The Morgan fingerprint density at radius 1 is 1.24 bits per heavy atom. The van der Waals surface area contributed by atoms with E-state index in [1.807, 2.05) is 30.3 Å². The van der Waals surface area contributed by atoms with E-state index in [1.54, 1.807) is 7.05 Å². The molecule has 0 bridgehead atoms. The number of rotatable bonds is 7. The molecule has 12 heteroatoms. The summed E-state index contributed by atoms with van der Waals surface area (Å²) in [5.41, 5.74) is -5.26. The van der Waals surface area contributed by atoms with Crippen LogP contribution in [0.15, 0.2) is 35.3 Å². The molecule has 0 saturated carbocycles. The smallest absolute Gasteiger partial charge is 0.494 e. The molecule has 1 fully saturated rings. The number of ether oxygens (including phenoxy) is 1. The summed E-state index contributed by atoms with van der Waals surface area (Å²) < 4.78 is 66.8. The van der Waals surface area contributed by atoms with E-state index in [0.29, 0.717) is 23.4 Å². The summed E-state index contributed by atoms with van der Waals surface area (Å²) in [4.78, 5) is 4.09. The number of benzene rings is 1. The predicted octanol–water partition coefficient (Wildman–Crippen LogP) is 2.55. The maximum atomic E-state index is 12.6. The van der Waals surface area contributed by atoms with Crippen molar-refractivity contribution in [3.63, 3.8) is 0 Å². The number of sulfonamides is 1. The lowest BCUT2D eigenvalue weighted by atomic mass is 10.1. The molecule has 2 N–H and O–H groups in total. The fraction of sp³-hybridized carbons (Fsp3) is 0.588.